The van der Waals surface area contributed by atoms with Gasteiger partial charge in [0.2, 0.25) is 0 Å². The molecular weight excluding hydrogens is 306 g/mol. The summed E-state index contributed by atoms with van der Waals surface area (Å²) in [4.78, 5) is 17.7. The van der Waals surface area contributed by atoms with E-state index < -0.39 is 6.09 Å². The van der Waals surface area contributed by atoms with Crippen LogP contribution >= 0.6 is 0 Å². The fraction of sp³-hybridized carbons (Fsp3) is 0.222. The van der Waals surface area contributed by atoms with E-state index in [0.29, 0.717) is 11.3 Å². The number of fused-ring (bicyclic) bond motifs is 2. The summed E-state index contributed by atoms with van der Waals surface area (Å²) in [6.07, 6.45) is 5.16. The van der Waals surface area contributed by atoms with Crippen LogP contribution in [0, 0.1) is 0 Å². The number of likely N-dealkylation sites (N-methyl/N-ethyl adjacent to an activating group) is 1. The first-order chi connectivity index (χ1) is 11.6. The Kier molecular flexibility index (Phi) is 3.46. The van der Waals surface area contributed by atoms with E-state index in [1.807, 2.05) is 12.3 Å². The Morgan fingerprint density at radius 2 is 2.17 bits per heavy atom. The summed E-state index contributed by atoms with van der Waals surface area (Å²) in [5.41, 5.74) is 3.04. The summed E-state index contributed by atoms with van der Waals surface area (Å²) in [6.45, 7) is 1.86. The topological polar surface area (TPSA) is 67.6 Å². The average molecular weight is 323 g/mol. The van der Waals surface area contributed by atoms with Crippen LogP contribution in [0.15, 0.2) is 42.9 Å². The van der Waals surface area contributed by atoms with E-state index in [-0.39, 0.29) is 0 Å². The molecule has 3 aromatic rings. The standard InChI is InChI=1S/C18H17N3O3/c1-20-6-4-13-9-19-10-17(15(13)11-20)24-14-2-3-16-12(8-14)5-7-21(16)18(22)23/h2-3,5,7-10H,4,6,11H2,1H3,(H,22,23). The number of benzene rings is 1. The van der Waals surface area contributed by atoms with Crippen molar-refractivity contribution >= 4 is 17.0 Å². The molecule has 0 saturated heterocycles. The Balaban J connectivity index is 1.69. The number of ether oxygens (including phenoxy) is 1. The van der Waals surface area contributed by atoms with Gasteiger partial charge in [-0.15, -0.1) is 0 Å². The SMILES string of the molecule is CN1CCc2cncc(Oc3ccc4c(ccn4C(=O)O)c3)c2C1. The highest BCUT2D eigenvalue weighted by Crippen LogP contribution is 2.32. The summed E-state index contributed by atoms with van der Waals surface area (Å²) in [5.74, 6) is 1.44. The first-order valence-corrected chi connectivity index (χ1v) is 7.78. The molecule has 2 aromatic heterocycles. The van der Waals surface area contributed by atoms with Crippen molar-refractivity contribution in [2.24, 2.45) is 0 Å². The van der Waals surface area contributed by atoms with Crippen LogP contribution in [0.1, 0.15) is 11.1 Å². The number of pyridine rings is 1. The van der Waals surface area contributed by atoms with Gasteiger partial charge < -0.3 is 14.7 Å². The van der Waals surface area contributed by atoms with Crippen LogP contribution in [0.3, 0.4) is 0 Å². The largest absolute Gasteiger partial charge is 0.464 e. The molecule has 122 valence electrons. The van der Waals surface area contributed by atoms with Gasteiger partial charge in [-0.3, -0.25) is 9.55 Å². The minimum Gasteiger partial charge on any atom is -0.464 e. The number of carboxylic acid groups (broad SMARTS) is 1. The zero-order valence-corrected chi connectivity index (χ0v) is 13.3. The van der Waals surface area contributed by atoms with Crippen LogP contribution in [0.25, 0.3) is 10.9 Å². The minimum absolute atomic E-state index is 0.641. The second kappa shape index (κ2) is 5.65. The zero-order valence-electron chi connectivity index (χ0n) is 13.3. The molecule has 1 aliphatic rings. The van der Waals surface area contributed by atoms with Crippen molar-refractivity contribution < 1.29 is 14.6 Å². The number of hydrogen-bond donors (Lipinski definition) is 1. The molecule has 0 aliphatic carbocycles. The number of nitrogens with zero attached hydrogens (tertiary/aromatic N) is 3. The van der Waals surface area contributed by atoms with Crippen LogP contribution in [0.2, 0.25) is 0 Å². The molecule has 3 heterocycles. The van der Waals surface area contributed by atoms with Gasteiger partial charge in [0.05, 0.1) is 11.7 Å². The Labute approximate surface area is 138 Å². The Hall–Kier alpha value is -2.86. The zero-order chi connectivity index (χ0) is 16.7. The molecule has 6 heteroatoms. The first kappa shape index (κ1) is 14.7. The molecule has 1 aliphatic heterocycles. The molecule has 1 N–H and O–H groups in total. The summed E-state index contributed by atoms with van der Waals surface area (Å²) >= 11 is 0. The quantitative estimate of drug-likeness (QED) is 0.783. The Morgan fingerprint density at radius 1 is 1.29 bits per heavy atom. The van der Waals surface area contributed by atoms with E-state index in [0.717, 1.165) is 30.6 Å². The van der Waals surface area contributed by atoms with Crippen molar-refractivity contribution in [3.63, 3.8) is 0 Å². The third kappa shape index (κ3) is 2.51. The highest BCUT2D eigenvalue weighted by molar-refractivity contribution is 5.89. The molecule has 24 heavy (non-hydrogen) atoms. The minimum atomic E-state index is -0.997. The van der Waals surface area contributed by atoms with E-state index in [2.05, 4.69) is 16.9 Å². The van der Waals surface area contributed by atoms with Crippen molar-refractivity contribution in [3.05, 3.63) is 54.0 Å². The van der Waals surface area contributed by atoms with Crippen molar-refractivity contribution in [1.29, 1.82) is 0 Å². The maximum Gasteiger partial charge on any atom is 0.415 e. The molecule has 0 radical (unpaired) electrons. The third-order valence-corrected chi connectivity index (χ3v) is 4.39. The lowest BCUT2D eigenvalue weighted by Crippen LogP contribution is -2.27. The lowest BCUT2D eigenvalue weighted by molar-refractivity contribution is 0.197. The van der Waals surface area contributed by atoms with Gasteiger partial charge in [-0.2, -0.15) is 0 Å². The van der Waals surface area contributed by atoms with Gasteiger partial charge >= 0.3 is 6.09 Å². The summed E-state index contributed by atoms with van der Waals surface area (Å²) in [6, 6.07) is 7.16. The highest BCUT2D eigenvalue weighted by Gasteiger charge is 2.18. The van der Waals surface area contributed by atoms with E-state index in [9.17, 15) is 4.79 Å². The van der Waals surface area contributed by atoms with Gasteiger partial charge in [0.25, 0.3) is 0 Å². The van der Waals surface area contributed by atoms with Crippen molar-refractivity contribution in [3.8, 4) is 11.5 Å². The molecule has 0 bridgehead atoms. The summed E-state index contributed by atoms with van der Waals surface area (Å²) in [7, 11) is 2.09. The number of hydrogen-bond acceptors (Lipinski definition) is 4. The van der Waals surface area contributed by atoms with Gasteiger partial charge in [-0.1, -0.05) is 0 Å². The fourth-order valence-corrected chi connectivity index (χ4v) is 3.13. The van der Waals surface area contributed by atoms with E-state index in [1.165, 1.54) is 21.9 Å². The van der Waals surface area contributed by atoms with Crippen LogP contribution in [-0.2, 0) is 13.0 Å². The highest BCUT2D eigenvalue weighted by atomic mass is 16.5. The van der Waals surface area contributed by atoms with Crippen LogP contribution in [0.4, 0.5) is 4.79 Å². The lowest BCUT2D eigenvalue weighted by atomic mass is 10.0. The molecule has 1 aromatic carbocycles. The van der Waals surface area contributed by atoms with Crippen LogP contribution < -0.4 is 4.74 Å². The van der Waals surface area contributed by atoms with Crippen molar-refractivity contribution in [1.82, 2.24) is 14.5 Å². The Morgan fingerprint density at radius 3 is 3.00 bits per heavy atom. The number of rotatable bonds is 2. The first-order valence-electron chi connectivity index (χ1n) is 7.78. The second-order valence-corrected chi connectivity index (χ2v) is 6.05. The molecule has 0 unspecified atom stereocenters. The van der Waals surface area contributed by atoms with Crippen molar-refractivity contribution in [2.45, 2.75) is 13.0 Å². The van der Waals surface area contributed by atoms with E-state index >= 15 is 0 Å². The van der Waals surface area contributed by atoms with E-state index in [4.69, 9.17) is 9.84 Å². The summed E-state index contributed by atoms with van der Waals surface area (Å²) < 4.78 is 7.25. The van der Waals surface area contributed by atoms with Gasteiger partial charge in [0.1, 0.15) is 11.5 Å². The molecule has 0 fully saturated rings. The number of aromatic nitrogens is 2. The Bertz CT molecular complexity index is 932. The maximum atomic E-state index is 11.2. The van der Waals surface area contributed by atoms with Crippen LogP contribution in [-0.4, -0.2) is 39.2 Å². The van der Waals surface area contributed by atoms with Gasteiger partial charge in [0, 0.05) is 36.4 Å². The molecule has 4 rings (SSSR count). The van der Waals surface area contributed by atoms with Crippen LogP contribution in [0.5, 0.6) is 11.5 Å². The second-order valence-electron chi connectivity index (χ2n) is 6.05. The average Bonchev–Trinajstić information content (AvgIpc) is 2.99. The normalized spacial score (nSPS) is 14.5. The molecule has 0 spiro atoms. The molecule has 6 nitrogen and oxygen atoms in total. The van der Waals surface area contributed by atoms with Gasteiger partial charge in [-0.05, 0) is 43.3 Å². The lowest BCUT2D eigenvalue weighted by Gasteiger charge is -2.26. The van der Waals surface area contributed by atoms with Gasteiger partial charge in [0.15, 0.2) is 0 Å². The molecular formula is C18H17N3O3. The molecule has 0 amide bonds. The molecule has 0 atom stereocenters. The van der Waals surface area contributed by atoms with Crippen molar-refractivity contribution in [2.75, 3.05) is 13.6 Å². The predicted octanol–water partition coefficient (Wildman–Crippen LogP) is 3.34. The fourth-order valence-electron chi connectivity index (χ4n) is 3.13. The number of carbonyl (C=O) groups is 1. The molecule has 0 saturated carbocycles. The predicted molar refractivity (Wildman–Crippen MR) is 89.7 cm³/mol. The van der Waals surface area contributed by atoms with Gasteiger partial charge in [-0.25, -0.2) is 4.79 Å². The maximum absolute atomic E-state index is 11.2. The summed E-state index contributed by atoms with van der Waals surface area (Å²) in [5, 5.41) is 9.98. The van der Waals surface area contributed by atoms with E-state index in [1.54, 1.807) is 24.4 Å². The third-order valence-electron chi connectivity index (χ3n) is 4.39. The monoisotopic (exact) mass is 323 g/mol. The smallest absolute Gasteiger partial charge is 0.415 e.